The lowest BCUT2D eigenvalue weighted by Crippen LogP contribution is -2.36. The number of nitrogens with zero attached hydrogens (tertiary/aromatic N) is 3. The van der Waals surface area contributed by atoms with E-state index in [9.17, 15) is 0 Å². The second-order valence-corrected chi connectivity index (χ2v) is 6.40. The highest BCUT2D eigenvalue weighted by Crippen LogP contribution is 2.30. The molecular formula is C9H15N3OS2. The van der Waals surface area contributed by atoms with Gasteiger partial charge in [-0.25, -0.2) is 0 Å². The van der Waals surface area contributed by atoms with Crippen molar-refractivity contribution >= 4 is 28.2 Å². The molecule has 0 unspecified atom stereocenters. The van der Waals surface area contributed by atoms with Crippen LogP contribution in [0.2, 0.25) is 0 Å². The van der Waals surface area contributed by atoms with E-state index in [1.54, 1.807) is 23.1 Å². The first-order chi connectivity index (χ1) is 7.25. The second kappa shape index (κ2) is 5.14. The summed E-state index contributed by atoms with van der Waals surface area (Å²) in [6.07, 6.45) is 0. The zero-order chi connectivity index (χ0) is 10.7. The summed E-state index contributed by atoms with van der Waals surface area (Å²) in [4.78, 5) is 2.24. The highest BCUT2D eigenvalue weighted by Gasteiger charge is 2.16. The predicted molar refractivity (Wildman–Crippen MR) is 63.9 cm³/mol. The van der Waals surface area contributed by atoms with Gasteiger partial charge in [-0.1, -0.05) is 36.9 Å². The van der Waals surface area contributed by atoms with Crippen molar-refractivity contribution < 1.29 is 4.74 Å². The zero-order valence-electron chi connectivity index (χ0n) is 8.97. The van der Waals surface area contributed by atoms with Crippen molar-refractivity contribution in [1.82, 2.24) is 10.2 Å². The van der Waals surface area contributed by atoms with Gasteiger partial charge in [0, 0.05) is 18.3 Å². The molecule has 0 saturated carbocycles. The molecule has 0 atom stereocenters. The summed E-state index contributed by atoms with van der Waals surface area (Å²) in [7, 11) is 0. The van der Waals surface area contributed by atoms with Crippen LogP contribution in [0.25, 0.3) is 0 Å². The average Bonchev–Trinajstić information content (AvgIpc) is 2.67. The molecule has 0 amide bonds. The van der Waals surface area contributed by atoms with Gasteiger partial charge in [-0.3, -0.25) is 0 Å². The van der Waals surface area contributed by atoms with Crippen molar-refractivity contribution in [2.45, 2.75) is 23.4 Å². The Morgan fingerprint density at radius 2 is 2.07 bits per heavy atom. The molecule has 1 aromatic heterocycles. The highest BCUT2D eigenvalue weighted by molar-refractivity contribution is 8.01. The zero-order valence-corrected chi connectivity index (χ0v) is 10.6. The molecule has 0 N–H and O–H groups in total. The third-order valence-corrected chi connectivity index (χ3v) is 4.09. The Hall–Kier alpha value is -0.330. The summed E-state index contributed by atoms with van der Waals surface area (Å²) in [5.74, 6) is 0. The summed E-state index contributed by atoms with van der Waals surface area (Å²) < 4.78 is 6.36. The first kappa shape index (κ1) is 11.2. The SMILES string of the molecule is CC(C)Sc1nnc(N2CCOCC2)s1. The lowest BCUT2D eigenvalue weighted by molar-refractivity contribution is 0.122. The minimum atomic E-state index is 0.565. The van der Waals surface area contributed by atoms with Gasteiger partial charge in [0.05, 0.1) is 13.2 Å². The van der Waals surface area contributed by atoms with Gasteiger partial charge < -0.3 is 9.64 Å². The fourth-order valence-electron chi connectivity index (χ4n) is 1.33. The van der Waals surface area contributed by atoms with Crippen LogP contribution >= 0.6 is 23.1 Å². The number of hydrogen-bond donors (Lipinski definition) is 0. The Balaban J connectivity index is 1.99. The molecule has 2 rings (SSSR count). The van der Waals surface area contributed by atoms with E-state index in [0.29, 0.717) is 5.25 Å². The second-order valence-electron chi connectivity index (χ2n) is 3.62. The number of aromatic nitrogens is 2. The summed E-state index contributed by atoms with van der Waals surface area (Å²) >= 11 is 3.45. The van der Waals surface area contributed by atoms with Crippen LogP contribution in [0.5, 0.6) is 0 Å². The molecule has 1 saturated heterocycles. The van der Waals surface area contributed by atoms with Crippen LogP contribution in [0.3, 0.4) is 0 Å². The van der Waals surface area contributed by atoms with E-state index in [1.807, 2.05) is 0 Å². The van der Waals surface area contributed by atoms with Gasteiger partial charge in [-0.15, -0.1) is 10.2 Å². The molecule has 1 fully saturated rings. The van der Waals surface area contributed by atoms with E-state index in [4.69, 9.17) is 4.74 Å². The van der Waals surface area contributed by atoms with Gasteiger partial charge in [0.1, 0.15) is 0 Å². The van der Waals surface area contributed by atoms with Crippen LogP contribution in [0, 0.1) is 0 Å². The molecule has 0 aromatic carbocycles. The molecule has 1 aromatic rings. The van der Waals surface area contributed by atoms with E-state index in [2.05, 4.69) is 28.9 Å². The molecule has 4 nitrogen and oxygen atoms in total. The normalized spacial score (nSPS) is 17.4. The fraction of sp³-hybridized carbons (Fsp3) is 0.778. The van der Waals surface area contributed by atoms with Crippen molar-refractivity contribution in [3.05, 3.63) is 0 Å². The smallest absolute Gasteiger partial charge is 0.209 e. The Bertz CT molecular complexity index is 310. The van der Waals surface area contributed by atoms with Gasteiger partial charge >= 0.3 is 0 Å². The molecule has 0 spiro atoms. The Morgan fingerprint density at radius 3 is 2.73 bits per heavy atom. The van der Waals surface area contributed by atoms with Crippen molar-refractivity contribution in [3.8, 4) is 0 Å². The molecule has 84 valence electrons. The van der Waals surface area contributed by atoms with E-state index in [0.717, 1.165) is 35.8 Å². The van der Waals surface area contributed by atoms with E-state index >= 15 is 0 Å². The highest BCUT2D eigenvalue weighted by atomic mass is 32.2. The number of ether oxygens (including phenoxy) is 1. The molecule has 2 heterocycles. The molecule has 0 bridgehead atoms. The van der Waals surface area contributed by atoms with Gasteiger partial charge in [0.25, 0.3) is 0 Å². The first-order valence-electron chi connectivity index (χ1n) is 5.08. The maximum Gasteiger partial charge on any atom is 0.209 e. The van der Waals surface area contributed by atoms with Gasteiger partial charge in [-0.05, 0) is 0 Å². The van der Waals surface area contributed by atoms with Crippen LogP contribution in [0.15, 0.2) is 4.34 Å². The molecule has 1 aliphatic rings. The Morgan fingerprint density at radius 1 is 1.33 bits per heavy atom. The number of anilines is 1. The average molecular weight is 245 g/mol. The Labute approximate surface area is 98.0 Å². The topological polar surface area (TPSA) is 38.2 Å². The first-order valence-corrected chi connectivity index (χ1v) is 6.78. The maximum atomic E-state index is 5.30. The monoisotopic (exact) mass is 245 g/mol. The van der Waals surface area contributed by atoms with Crippen molar-refractivity contribution in [1.29, 1.82) is 0 Å². The Kier molecular flexibility index (Phi) is 3.82. The van der Waals surface area contributed by atoms with Crippen LogP contribution in [-0.2, 0) is 4.74 Å². The van der Waals surface area contributed by atoms with Gasteiger partial charge in [-0.2, -0.15) is 0 Å². The lowest BCUT2D eigenvalue weighted by Gasteiger charge is -2.25. The molecule has 0 radical (unpaired) electrons. The summed E-state index contributed by atoms with van der Waals surface area (Å²) in [6.45, 7) is 7.79. The molecule has 15 heavy (non-hydrogen) atoms. The van der Waals surface area contributed by atoms with Crippen molar-refractivity contribution in [3.63, 3.8) is 0 Å². The van der Waals surface area contributed by atoms with Crippen LogP contribution < -0.4 is 4.90 Å². The number of rotatable bonds is 3. The fourth-order valence-corrected chi connectivity index (χ4v) is 3.45. The van der Waals surface area contributed by atoms with Crippen molar-refractivity contribution in [2.75, 3.05) is 31.2 Å². The third kappa shape index (κ3) is 3.06. The molecule has 0 aliphatic carbocycles. The maximum absolute atomic E-state index is 5.30. The van der Waals surface area contributed by atoms with Gasteiger partial charge in [0.15, 0.2) is 4.34 Å². The summed E-state index contributed by atoms with van der Waals surface area (Å²) in [5.41, 5.74) is 0. The summed E-state index contributed by atoms with van der Waals surface area (Å²) in [5, 5.41) is 9.99. The standard InChI is InChI=1S/C9H15N3OS2/c1-7(2)14-9-11-10-8(15-9)12-3-5-13-6-4-12/h7H,3-6H2,1-2H3. The quantitative estimate of drug-likeness (QED) is 0.760. The van der Waals surface area contributed by atoms with Crippen LogP contribution in [-0.4, -0.2) is 41.8 Å². The number of morpholine rings is 1. The van der Waals surface area contributed by atoms with E-state index < -0.39 is 0 Å². The number of thioether (sulfide) groups is 1. The van der Waals surface area contributed by atoms with Gasteiger partial charge in [0.2, 0.25) is 5.13 Å². The molecular weight excluding hydrogens is 230 g/mol. The minimum absolute atomic E-state index is 0.565. The predicted octanol–water partition coefficient (Wildman–Crippen LogP) is 1.88. The molecule has 6 heteroatoms. The van der Waals surface area contributed by atoms with Crippen LogP contribution in [0.4, 0.5) is 5.13 Å². The van der Waals surface area contributed by atoms with E-state index in [-0.39, 0.29) is 0 Å². The third-order valence-electron chi connectivity index (χ3n) is 2.01. The lowest BCUT2D eigenvalue weighted by atomic mass is 10.5. The summed E-state index contributed by atoms with van der Waals surface area (Å²) in [6, 6.07) is 0. The number of hydrogen-bond acceptors (Lipinski definition) is 6. The minimum Gasteiger partial charge on any atom is -0.378 e. The van der Waals surface area contributed by atoms with Crippen LogP contribution in [0.1, 0.15) is 13.8 Å². The largest absolute Gasteiger partial charge is 0.378 e. The van der Waals surface area contributed by atoms with E-state index in [1.165, 1.54) is 0 Å². The van der Waals surface area contributed by atoms with Crippen molar-refractivity contribution in [2.24, 2.45) is 0 Å². The molecule has 1 aliphatic heterocycles.